The van der Waals surface area contributed by atoms with Crippen LogP contribution in [0.4, 0.5) is 0 Å². The molecule has 0 aromatic heterocycles. The van der Waals surface area contributed by atoms with Gasteiger partial charge in [0.1, 0.15) is 0 Å². The number of rotatable bonds is 8. The minimum Gasteiger partial charge on any atom is -0.0656 e. The highest BCUT2D eigenvalue weighted by Crippen LogP contribution is 2.49. The van der Waals surface area contributed by atoms with Gasteiger partial charge >= 0.3 is 0 Å². The van der Waals surface area contributed by atoms with Gasteiger partial charge in [0.15, 0.2) is 0 Å². The Morgan fingerprint density at radius 1 is 0.283 bits per heavy atom. The highest BCUT2D eigenvalue weighted by Gasteiger charge is 2.28. The van der Waals surface area contributed by atoms with E-state index in [-0.39, 0.29) is 0 Å². The average Bonchev–Trinajstić information content (AvgIpc) is 3.15. The predicted molar refractivity (Wildman–Crippen MR) is 283 cm³/mol. The largest absolute Gasteiger partial charge is 0.0776 e. The summed E-state index contributed by atoms with van der Waals surface area (Å²) in [5.74, 6) is 0. The van der Waals surface area contributed by atoms with Crippen molar-refractivity contribution in [3.8, 4) is 44.5 Å². The van der Waals surface area contributed by atoms with E-state index in [1.807, 2.05) is 0 Å². The molecule has 0 aliphatic heterocycles. The molecule has 8 rings (SSSR count). The molecule has 8 aromatic carbocycles. The summed E-state index contributed by atoms with van der Waals surface area (Å²) in [6, 6.07) is 44.1. The maximum atomic E-state index is 2.58. The van der Waals surface area contributed by atoms with Crippen molar-refractivity contribution >= 4 is 85.4 Å². The fraction of sp³-hybridized carbons (Fsp3) is 0.286. The molecule has 0 amide bonds. The molecule has 0 atom stereocenters. The molecule has 0 spiro atoms. The van der Waals surface area contributed by atoms with Gasteiger partial charge in [-0.05, 0) is 139 Å². The topological polar surface area (TPSA) is 0 Å². The first-order valence-corrected chi connectivity index (χ1v) is 36.2. The van der Waals surface area contributed by atoms with Gasteiger partial charge in [0.25, 0.3) is 0 Å². The summed E-state index contributed by atoms with van der Waals surface area (Å²) in [5, 5.41) is 14.4. The lowest BCUT2D eigenvalue weighted by molar-refractivity contribution is 1.38. The van der Waals surface area contributed by atoms with Gasteiger partial charge in [-0.2, -0.15) is 0 Å². The Morgan fingerprint density at radius 2 is 0.533 bits per heavy atom. The molecule has 0 bridgehead atoms. The molecule has 0 fully saturated rings. The van der Waals surface area contributed by atoms with E-state index in [1.54, 1.807) is 20.7 Å². The first-order valence-electron chi connectivity index (χ1n) is 22.2. The van der Waals surface area contributed by atoms with E-state index in [0.29, 0.717) is 0 Å². The minimum atomic E-state index is -1.64. The van der Waals surface area contributed by atoms with Crippen LogP contribution in [0.1, 0.15) is 22.3 Å². The van der Waals surface area contributed by atoms with Gasteiger partial charge in [0.05, 0.1) is 32.3 Å². The van der Waals surface area contributed by atoms with Gasteiger partial charge in [-0.25, -0.2) is 0 Å². The second-order valence-corrected chi connectivity index (χ2v) is 42.5. The molecule has 0 unspecified atom stereocenters. The third-order valence-corrected chi connectivity index (χ3v) is 21.4. The van der Waals surface area contributed by atoms with Crippen LogP contribution < -0.4 is 20.7 Å². The maximum Gasteiger partial charge on any atom is 0.0776 e. The molecule has 0 nitrogen and oxygen atoms in total. The summed E-state index contributed by atoms with van der Waals surface area (Å²) in [6.45, 7) is 39.3. The lowest BCUT2D eigenvalue weighted by Gasteiger charge is -2.27. The summed E-state index contributed by atoms with van der Waals surface area (Å²) >= 11 is 0. The SMILES string of the molecule is Cc1cccc(C)c1-c1cc(-c2cc([Si](C)(C)C)cc([Si](C)(C)C)c2)c2ccc3c(-c4c(C)cccc4C)cc(-c4cc([Si](C)(C)C)cc([Si](C)(C)C)c4)c4ccc1c2c43. The Morgan fingerprint density at radius 3 is 0.783 bits per heavy atom. The van der Waals surface area contributed by atoms with Gasteiger partial charge in [0.2, 0.25) is 0 Å². The smallest absolute Gasteiger partial charge is 0.0656 e. The van der Waals surface area contributed by atoms with Crippen molar-refractivity contribution in [3.63, 3.8) is 0 Å². The molecule has 0 heterocycles. The molecule has 60 heavy (non-hydrogen) atoms. The van der Waals surface area contributed by atoms with Crippen LogP contribution in [0, 0.1) is 27.7 Å². The van der Waals surface area contributed by atoms with Gasteiger partial charge < -0.3 is 0 Å². The summed E-state index contributed by atoms with van der Waals surface area (Å²) in [7, 11) is -6.57. The van der Waals surface area contributed by atoms with Crippen molar-refractivity contribution in [2.24, 2.45) is 0 Å². The molecule has 0 N–H and O–H groups in total. The lowest BCUT2D eigenvalue weighted by atomic mass is 9.80. The van der Waals surface area contributed by atoms with Crippen LogP contribution in [0.3, 0.4) is 0 Å². The molecule has 0 saturated heterocycles. The van der Waals surface area contributed by atoms with Crippen LogP contribution in [0.2, 0.25) is 78.6 Å². The summed E-state index contributed by atoms with van der Waals surface area (Å²) < 4.78 is 0. The first kappa shape index (κ1) is 42.4. The normalized spacial score (nSPS) is 13.0. The van der Waals surface area contributed by atoms with Gasteiger partial charge in [-0.15, -0.1) is 0 Å². The van der Waals surface area contributed by atoms with Crippen molar-refractivity contribution in [3.05, 3.63) is 131 Å². The molecule has 4 heteroatoms. The zero-order valence-electron chi connectivity index (χ0n) is 39.4. The quantitative estimate of drug-likeness (QED) is 0.106. The van der Waals surface area contributed by atoms with Crippen molar-refractivity contribution in [1.29, 1.82) is 0 Å². The third kappa shape index (κ3) is 7.42. The zero-order chi connectivity index (χ0) is 43.4. The van der Waals surface area contributed by atoms with E-state index in [0.717, 1.165) is 0 Å². The first-order chi connectivity index (χ1) is 27.9. The van der Waals surface area contributed by atoms with Crippen molar-refractivity contribution in [2.45, 2.75) is 106 Å². The molecule has 0 saturated carbocycles. The monoisotopic (exact) mass is 850 g/mol. The van der Waals surface area contributed by atoms with E-state index in [4.69, 9.17) is 0 Å². The third-order valence-electron chi connectivity index (χ3n) is 13.4. The van der Waals surface area contributed by atoms with Crippen molar-refractivity contribution in [2.75, 3.05) is 0 Å². The molecular weight excluding hydrogens is 785 g/mol. The maximum absolute atomic E-state index is 2.58. The Hall–Kier alpha value is -4.33. The van der Waals surface area contributed by atoms with Crippen LogP contribution in [0.5, 0.6) is 0 Å². The van der Waals surface area contributed by atoms with E-state index in [2.05, 4.69) is 215 Å². The van der Waals surface area contributed by atoms with Crippen LogP contribution in [-0.2, 0) is 0 Å². The Labute approximate surface area is 365 Å². The van der Waals surface area contributed by atoms with E-state index in [1.165, 1.54) is 99.1 Å². The fourth-order valence-electron chi connectivity index (χ4n) is 9.66. The highest BCUT2D eigenvalue weighted by atomic mass is 28.3. The van der Waals surface area contributed by atoms with Crippen LogP contribution in [0.15, 0.2) is 109 Å². The summed E-state index contributed by atoms with van der Waals surface area (Å²) in [4.78, 5) is 0. The number of hydrogen-bond donors (Lipinski definition) is 0. The molecule has 0 aliphatic carbocycles. The van der Waals surface area contributed by atoms with Gasteiger partial charge in [0, 0.05) is 0 Å². The average molecular weight is 851 g/mol. The molecular formula is C56H66Si4. The van der Waals surface area contributed by atoms with Gasteiger partial charge in [-0.1, -0.05) is 196 Å². The van der Waals surface area contributed by atoms with E-state index < -0.39 is 32.3 Å². The molecule has 0 aliphatic rings. The number of hydrogen-bond acceptors (Lipinski definition) is 0. The van der Waals surface area contributed by atoms with Crippen LogP contribution in [0.25, 0.3) is 76.8 Å². The Kier molecular flexibility index (Phi) is 10.3. The number of benzene rings is 8. The Balaban J connectivity index is 1.63. The summed E-state index contributed by atoms with van der Waals surface area (Å²) in [6.07, 6.45) is 0. The highest BCUT2D eigenvalue weighted by molar-refractivity contribution is 6.92. The van der Waals surface area contributed by atoms with Crippen molar-refractivity contribution < 1.29 is 0 Å². The standard InChI is InChI=1S/C56H66Si4/c1-35-19-17-20-36(2)53(35)51-33-49(39-27-41(57(5,6)7)31-42(28-39)58(8,9)10)45-24-26-48-52(54-37(3)21-18-22-38(54)4)34-50(46-23-25-47(51)55(45)56(46)48)40-29-43(59(11,12)13)32-44(30-40)60(14,15)16/h17-34H,1-16H3. The predicted octanol–water partition coefficient (Wildman–Crippen LogP) is 14.7. The van der Waals surface area contributed by atoms with E-state index >= 15 is 0 Å². The second-order valence-electron chi connectivity index (χ2n) is 22.1. The molecule has 306 valence electrons. The van der Waals surface area contributed by atoms with Crippen LogP contribution in [-0.4, -0.2) is 32.3 Å². The fourth-order valence-corrected chi connectivity index (χ4v) is 14.7. The molecule has 0 radical (unpaired) electrons. The minimum absolute atomic E-state index is 1.33. The van der Waals surface area contributed by atoms with Gasteiger partial charge in [-0.3, -0.25) is 0 Å². The Bertz CT molecular complexity index is 2680. The van der Waals surface area contributed by atoms with Crippen molar-refractivity contribution in [1.82, 2.24) is 0 Å². The summed E-state index contributed by atoms with van der Waals surface area (Å²) in [5.41, 5.74) is 16.2. The van der Waals surface area contributed by atoms with E-state index in [9.17, 15) is 0 Å². The van der Waals surface area contributed by atoms with Crippen LogP contribution >= 0.6 is 0 Å². The number of aryl methyl sites for hydroxylation is 4. The molecule has 8 aromatic rings. The zero-order valence-corrected chi connectivity index (χ0v) is 43.4. The second kappa shape index (κ2) is 14.7. The lowest BCUT2D eigenvalue weighted by Crippen LogP contribution is -2.45.